The van der Waals surface area contributed by atoms with Crippen LogP contribution in [0.2, 0.25) is 0 Å². The summed E-state index contributed by atoms with van der Waals surface area (Å²) in [5.41, 5.74) is 0.897. The zero-order valence-electron chi connectivity index (χ0n) is 11.6. The Kier molecular flexibility index (Phi) is 6.32. The lowest BCUT2D eigenvalue weighted by Gasteiger charge is -2.07. The second kappa shape index (κ2) is 7.98. The topological polar surface area (TPSA) is 95.5 Å². The normalized spacial score (nSPS) is 10.0. The summed E-state index contributed by atoms with van der Waals surface area (Å²) in [6.45, 7) is 1.68. The lowest BCUT2D eigenvalue weighted by Crippen LogP contribution is -2.34. The molecule has 7 heteroatoms. The number of unbranched alkanes of at least 4 members (excludes halogenated alkanes) is 1. The van der Waals surface area contributed by atoms with Crippen LogP contribution in [0.3, 0.4) is 0 Å². The molecule has 0 aromatic heterocycles. The molecule has 1 aromatic rings. The van der Waals surface area contributed by atoms with Crippen molar-refractivity contribution in [1.29, 1.82) is 0 Å². The molecule has 0 saturated heterocycles. The molecule has 3 amide bonds. The van der Waals surface area contributed by atoms with E-state index in [1.54, 1.807) is 13.0 Å². The van der Waals surface area contributed by atoms with Crippen LogP contribution in [-0.4, -0.2) is 23.0 Å². The lowest BCUT2D eigenvalue weighted by atomic mass is 10.2. The van der Waals surface area contributed by atoms with Crippen LogP contribution in [0, 0.1) is 12.7 Å². The van der Waals surface area contributed by atoms with Crippen molar-refractivity contribution in [3.05, 3.63) is 29.6 Å². The standard InChI is InChI=1S/C14H17FN2O4/c1-9-6-10(15)8-11(7-9)16-14(21)17-12(18)4-2-3-5-13(19)20/h6-8H,2-5H2,1H3,(H,19,20)(H2,16,17,18,21). The highest BCUT2D eigenvalue weighted by molar-refractivity contribution is 6.01. The van der Waals surface area contributed by atoms with Crippen LogP contribution >= 0.6 is 0 Å². The average molecular weight is 296 g/mol. The maximum Gasteiger partial charge on any atom is 0.325 e. The molecule has 0 bridgehead atoms. The number of halogens is 1. The highest BCUT2D eigenvalue weighted by atomic mass is 19.1. The van der Waals surface area contributed by atoms with Crippen LogP contribution < -0.4 is 10.6 Å². The Bertz CT molecular complexity index is 526. The van der Waals surface area contributed by atoms with E-state index in [1.165, 1.54) is 6.07 Å². The number of aliphatic carboxylic acids is 1. The SMILES string of the molecule is Cc1cc(F)cc(NC(=O)NC(=O)CCCCC(=O)O)c1. The first kappa shape index (κ1) is 16.6. The summed E-state index contributed by atoms with van der Waals surface area (Å²) >= 11 is 0. The van der Waals surface area contributed by atoms with E-state index in [-0.39, 0.29) is 18.5 Å². The number of nitrogens with one attached hydrogen (secondary N) is 2. The first-order valence-electron chi connectivity index (χ1n) is 6.46. The van der Waals surface area contributed by atoms with E-state index in [9.17, 15) is 18.8 Å². The fourth-order valence-electron chi connectivity index (χ4n) is 1.72. The number of carbonyl (C=O) groups excluding carboxylic acids is 2. The van der Waals surface area contributed by atoms with E-state index in [0.29, 0.717) is 18.4 Å². The van der Waals surface area contributed by atoms with Crippen molar-refractivity contribution in [3.63, 3.8) is 0 Å². The second-order valence-electron chi connectivity index (χ2n) is 4.62. The van der Waals surface area contributed by atoms with Crippen molar-refractivity contribution < 1.29 is 23.9 Å². The Balaban J connectivity index is 2.35. The van der Waals surface area contributed by atoms with E-state index in [1.807, 2.05) is 0 Å². The summed E-state index contributed by atoms with van der Waals surface area (Å²) in [5, 5.41) is 12.9. The number of urea groups is 1. The van der Waals surface area contributed by atoms with Gasteiger partial charge in [0.2, 0.25) is 5.91 Å². The zero-order chi connectivity index (χ0) is 15.8. The van der Waals surface area contributed by atoms with Gasteiger partial charge in [-0.15, -0.1) is 0 Å². The van der Waals surface area contributed by atoms with Crippen LogP contribution in [0.15, 0.2) is 18.2 Å². The van der Waals surface area contributed by atoms with E-state index in [4.69, 9.17) is 5.11 Å². The van der Waals surface area contributed by atoms with Gasteiger partial charge in [0, 0.05) is 18.5 Å². The lowest BCUT2D eigenvalue weighted by molar-refractivity contribution is -0.137. The van der Waals surface area contributed by atoms with Gasteiger partial charge in [-0.25, -0.2) is 9.18 Å². The Morgan fingerprint density at radius 2 is 1.81 bits per heavy atom. The Labute approximate surface area is 121 Å². The molecule has 0 saturated carbocycles. The summed E-state index contributed by atoms with van der Waals surface area (Å²) in [5.74, 6) is -1.91. The predicted molar refractivity (Wildman–Crippen MR) is 74.4 cm³/mol. The number of imide groups is 1. The third-order valence-corrected chi connectivity index (χ3v) is 2.60. The third kappa shape index (κ3) is 7.05. The minimum Gasteiger partial charge on any atom is -0.481 e. The number of carbonyl (C=O) groups is 3. The molecule has 21 heavy (non-hydrogen) atoms. The van der Waals surface area contributed by atoms with E-state index < -0.39 is 23.7 Å². The number of rotatable bonds is 6. The largest absolute Gasteiger partial charge is 0.481 e. The molecule has 1 rings (SSSR count). The molecular weight excluding hydrogens is 279 g/mol. The van der Waals surface area contributed by atoms with Gasteiger partial charge in [0.1, 0.15) is 5.82 Å². The highest BCUT2D eigenvalue weighted by Crippen LogP contribution is 2.13. The maximum absolute atomic E-state index is 13.1. The molecule has 0 aliphatic heterocycles. The predicted octanol–water partition coefficient (Wildman–Crippen LogP) is 2.43. The van der Waals surface area contributed by atoms with Crippen LogP contribution in [0.1, 0.15) is 31.2 Å². The fourth-order valence-corrected chi connectivity index (χ4v) is 1.72. The highest BCUT2D eigenvalue weighted by Gasteiger charge is 2.09. The minimum absolute atomic E-state index is 0.0119. The number of hydrogen-bond acceptors (Lipinski definition) is 3. The molecule has 0 fully saturated rings. The number of aryl methyl sites for hydroxylation is 1. The number of anilines is 1. The monoisotopic (exact) mass is 296 g/mol. The summed E-state index contributed by atoms with van der Waals surface area (Å²) in [4.78, 5) is 33.2. The van der Waals surface area contributed by atoms with E-state index in [0.717, 1.165) is 6.07 Å². The molecule has 0 heterocycles. The first-order valence-corrected chi connectivity index (χ1v) is 6.46. The van der Waals surface area contributed by atoms with E-state index in [2.05, 4.69) is 10.6 Å². The smallest absolute Gasteiger partial charge is 0.325 e. The molecular formula is C14H17FN2O4. The van der Waals surface area contributed by atoms with Gasteiger partial charge in [-0.2, -0.15) is 0 Å². The number of hydrogen-bond donors (Lipinski definition) is 3. The first-order chi connectivity index (χ1) is 9.86. The van der Waals surface area contributed by atoms with Crippen molar-refractivity contribution in [3.8, 4) is 0 Å². The van der Waals surface area contributed by atoms with Crippen molar-refractivity contribution >= 4 is 23.6 Å². The molecule has 0 aliphatic carbocycles. The molecule has 0 radical (unpaired) electrons. The Morgan fingerprint density at radius 3 is 2.43 bits per heavy atom. The van der Waals surface area contributed by atoms with Gasteiger partial charge >= 0.3 is 12.0 Å². The summed E-state index contributed by atoms with van der Waals surface area (Å²) in [7, 11) is 0. The third-order valence-electron chi connectivity index (χ3n) is 2.60. The van der Waals surface area contributed by atoms with Gasteiger partial charge in [0.25, 0.3) is 0 Å². The van der Waals surface area contributed by atoms with Gasteiger partial charge in [0.15, 0.2) is 0 Å². The van der Waals surface area contributed by atoms with Gasteiger partial charge in [-0.3, -0.25) is 14.9 Å². The van der Waals surface area contributed by atoms with Crippen LogP contribution in [0.5, 0.6) is 0 Å². The molecule has 0 atom stereocenters. The Morgan fingerprint density at radius 1 is 1.14 bits per heavy atom. The number of carboxylic acids is 1. The van der Waals surface area contributed by atoms with Crippen LogP contribution in [-0.2, 0) is 9.59 Å². The fraction of sp³-hybridized carbons (Fsp3) is 0.357. The van der Waals surface area contributed by atoms with E-state index >= 15 is 0 Å². The molecule has 114 valence electrons. The second-order valence-corrected chi connectivity index (χ2v) is 4.62. The average Bonchev–Trinajstić information content (AvgIpc) is 2.32. The molecule has 3 N–H and O–H groups in total. The minimum atomic E-state index is -0.922. The van der Waals surface area contributed by atoms with Crippen molar-refractivity contribution in [2.75, 3.05) is 5.32 Å². The van der Waals surface area contributed by atoms with Crippen molar-refractivity contribution in [2.24, 2.45) is 0 Å². The number of benzene rings is 1. The quantitative estimate of drug-likeness (QED) is 0.702. The van der Waals surface area contributed by atoms with Crippen molar-refractivity contribution in [1.82, 2.24) is 5.32 Å². The van der Waals surface area contributed by atoms with Gasteiger partial charge in [-0.05, 0) is 43.5 Å². The van der Waals surface area contributed by atoms with Gasteiger partial charge in [-0.1, -0.05) is 0 Å². The summed E-state index contributed by atoms with van der Waals surface area (Å²) < 4.78 is 13.1. The molecule has 1 aromatic carbocycles. The summed E-state index contributed by atoms with van der Waals surface area (Å²) in [6, 6.07) is 3.28. The summed E-state index contributed by atoms with van der Waals surface area (Å²) in [6.07, 6.45) is 0.795. The van der Waals surface area contributed by atoms with Crippen LogP contribution in [0.4, 0.5) is 14.9 Å². The number of carboxylic acid groups (broad SMARTS) is 1. The molecule has 0 spiro atoms. The van der Waals surface area contributed by atoms with Crippen molar-refractivity contribution in [2.45, 2.75) is 32.6 Å². The molecule has 0 unspecified atom stereocenters. The van der Waals surface area contributed by atoms with Gasteiger partial charge in [0.05, 0.1) is 0 Å². The molecule has 6 nitrogen and oxygen atoms in total. The molecule has 0 aliphatic rings. The maximum atomic E-state index is 13.1. The Hall–Kier alpha value is -2.44. The van der Waals surface area contributed by atoms with Gasteiger partial charge < -0.3 is 10.4 Å². The zero-order valence-corrected chi connectivity index (χ0v) is 11.6. The van der Waals surface area contributed by atoms with Crippen LogP contribution in [0.25, 0.3) is 0 Å². The number of amides is 3.